The monoisotopic (exact) mass is 322 g/mol. The Morgan fingerprint density at radius 3 is 2.70 bits per heavy atom. The third-order valence-electron chi connectivity index (χ3n) is 3.41. The van der Waals surface area contributed by atoms with Gasteiger partial charge in [0, 0.05) is 45.9 Å². The minimum absolute atomic E-state index is 0.664. The Morgan fingerprint density at radius 1 is 1.22 bits per heavy atom. The molecular formula is C17H30N4O2. The zero-order valence-corrected chi connectivity index (χ0v) is 14.8. The number of nitrogens with zero attached hydrogens (tertiary/aromatic N) is 2. The van der Waals surface area contributed by atoms with Gasteiger partial charge in [-0.2, -0.15) is 0 Å². The van der Waals surface area contributed by atoms with E-state index in [1.54, 1.807) is 14.2 Å². The van der Waals surface area contributed by atoms with Gasteiger partial charge in [0.05, 0.1) is 13.2 Å². The van der Waals surface area contributed by atoms with Gasteiger partial charge in [-0.1, -0.05) is 18.2 Å². The van der Waals surface area contributed by atoms with E-state index in [0.29, 0.717) is 13.2 Å². The second kappa shape index (κ2) is 11.7. The Bertz CT molecular complexity index is 466. The topological polar surface area (TPSA) is 58.1 Å². The van der Waals surface area contributed by atoms with Crippen molar-refractivity contribution in [3.05, 3.63) is 29.8 Å². The van der Waals surface area contributed by atoms with Crippen LogP contribution in [0.4, 0.5) is 0 Å². The number of methoxy groups -OCH3 is 1. The predicted octanol–water partition coefficient (Wildman–Crippen LogP) is 1.33. The molecule has 0 atom stereocenters. The van der Waals surface area contributed by atoms with E-state index in [2.05, 4.69) is 33.6 Å². The van der Waals surface area contributed by atoms with Crippen LogP contribution in [-0.4, -0.2) is 64.9 Å². The Labute approximate surface area is 139 Å². The van der Waals surface area contributed by atoms with Crippen molar-refractivity contribution in [3.8, 4) is 5.75 Å². The molecule has 0 saturated heterocycles. The molecule has 0 radical (unpaired) electrons. The van der Waals surface area contributed by atoms with Gasteiger partial charge in [-0.3, -0.25) is 4.99 Å². The van der Waals surface area contributed by atoms with Gasteiger partial charge in [0.25, 0.3) is 0 Å². The zero-order chi connectivity index (χ0) is 16.9. The van der Waals surface area contributed by atoms with E-state index in [1.165, 1.54) is 0 Å². The molecule has 0 aliphatic carbocycles. The molecule has 1 aromatic rings. The zero-order valence-electron chi connectivity index (χ0n) is 14.8. The van der Waals surface area contributed by atoms with Crippen LogP contribution in [0.25, 0.3) is 0 Å². The summed E-state index contributed by atoms with van der Waals surface area (Å²) in [6.07, 6.45) is 0. The highest BCUT2D eigenvalue weighted by Crippen LogP contribution is 2.17. The number of guanidine groups is 1. The van der Waals surface area contributed by atoms with Gasteiger partial charge in [-0.25, -0.2) is 0 Å². The standard InChI is InChI=1S/C17H30N4O2/c1-5-23-16-9-7-6-8-15(16)14-20-17(18-2)19-10-11-21(3)12-13-22-4/h6-9H,5,10-14H2,1-4H3,(H2,18,19,20). The summed E-state index contributed by atoms with van der Waals surface area (Å²) in [6, 6.07) is 8.04. The van der Waals surface area contributed by atoms with Crippen molar-refractivity contribution in [1.82, 2.24) is 15.5 Å². The number of para-hydroxylation sites is 1. The molecule has 0 aromatic heterocycles. The minimum atomic E-state index is 0.664. The van der Waals surface area contributed by atoms with Gasteiger partial charge in [-0.15, -0.1) is 0 Å². The molecule has 1 rings (SSSR count). The van der Waals surface area contributed by atoms with Crippen molar-refractivity contribution in [2.45, 2.75) is 13.5 Å². The molecule has 0 saturated carbocycles. The first-order valence-corrected chi connectivity index (χ1v) is 8.04. The third kappa shape index (κ3) is 7.85. The largest absolute Gasteiger partial charge is 0.494 e. The van der Waals surface area contributed by atoms with Gasteiger partial charge in [0.1, 0.15) is 5.75 Å². The number of aliphatic imine (C=N–C) groups is 1. The number of benzene rings is 1. The number of rotatable bonds is 10. The van der Waals surface area contributed by atoms with Gasteiger partial charge < -0.3 is 25.0 Å². The minimum Gasteiger partial charge on any atom is -0.494 e. The average Bonchev–Trinajstić information content (AvgIpc) is 2.57. The second-order valence-corrected chi connectivity index (χ2v) is 5.19. The van der Waals surface area contributed by atoms with E-state index in [0.717, 1.165) is 43.5 Å². The summed E-state index contributed by atoms with van der Waals surface area (Å²) in [5.41, 5.74) is 1.12. The Kier molecular flexibility index (Phi) is 9.83. The van der Waals surface area contributed by atoms with E-state index in [9.17, 15) is 0 Å². The summed E-state index contributed by atoms with van der Waals surface area (Å²) in [4.78, 5) is 6.46. The molecular weight excluding hydrogens is 292 g/mol. The SMILES string of the molecule is CCOc1ccccc1CNC(=NC)NCCN(C)CCOC. The van der Waals surface area contributed by atoms with Crippen LogP contribution in [-0.2, 0) is 11.3 Å². The van der Waals surface area contributed by atoms with Gasteiger partial charge >= 0.3 is 0 Å². The fourth-order valence-corrected chi connectivity index (χ4v) is 2.07. The molecule has 0 unspecified atom stereocenters. The molecule has 0 aliphatic rings. The number of ether oxygens (including phenoxy) is 2. The van der Waals surface area contributed by atoms with Crippen LogP contribution in [0.1, 0.15) is 12.5 Å². The van der Waals surface area contributed by atoms with E-state index >= 15 is 0 Å². The molecule has 0 amide bonds. The summed E-state index contributed by atoms with van der Waals surface area (Å²) >= 11 is 0. The van der Waals surface area contributed by atoms with Crippen LogP contribution in [0, 0.1) is 0 Å². The first-order valence-electron chi connectivity index (χ1n) is 8.04. The molecule has 0 fully saturated rings. The van der Waals surface area contributed by atoms with E-state index in [1.807, 2.05) is 25.1 Å². The highest BCUT2D eigenvalue weighted by atomic mass is 16.5. The first-order chi connectivity index (χ1) is 11.2. The van der Waals surface area contributed by atoms with Crippen LogP contribution in [0.5, 0.6) is 5.75 Å². The normalized spacial score (nSPS) is 11.6. The Hall–Kier alpha value is -1.79. The van der Waals surface area contributed by atoms with Crippen molar-refractivity contribution >= 4 is 5.96 Å². The molecule has 2 N–H and O–H groups in total. The number of likely N-dealkylation sites (N-methyl/N-ethyl adjacent to an activating group) is 1. The molecule has 130 valence electrons. The van der Waals surface area contributed by atoms with Crippen LogP contribution in [0.2, 0.25) is 0 Å². The molecule has 1 aromatic carbocycles. The summed E-state index contributed by atoms with van der Waals surface area (Å²) in [6.45, 7) is 6.76. The van der Waals surface area contributed by atoms with Gasteiger partial charge in [-0.05, 0) is 20.0 Å². The van der Waals surface area contributed by atoms with E-state index in [-0.39, 0.29) is 0 Å². The fourth-order valence-electron chi connectivity index (χ4n) is 2.07. The number of nitrogens with one attached hydrogen (secondary N) is 2. The van der Waals surface area contributed by atoms with Gasteiger partial charge in [0.2, 0.25) is 0 Å². The lowest BCUT2D eigenvalue weighted by atomic mass is 10.2. The van der Waals surface area contributed by atoms with Crippen LogP contribution in [0.15, 0.2) is 29.3 Å². The quantitative estimate of drug-likeness (QED) is 0.503. The lowest BCUT2D eigenvalue weighted by Gasteiger charge is -2.18. The van der Waals surface area contributed by atoms with Crippen molar-refractivity contribution in [3.63, 3.8) is 0 Å². The Balaban J connectivity index is 2.37. The maximum absolute atomic E-state index is 5.63. The maximum Gasteiger partial charge on any atom is 0.191 e. The van der Waals surface area contributed by atoms with Crippen molar-refractivity contribution in [2.24, 2.45) is 4.99 Å². The molecule has 0 bridgehead atoms. The third-order valence-corrected chi connectivity index (χ3v) is 3.41. The smallest absolute Gasteiger partial charge is 0.191 e. The average molecular weight is 322 g/mol. The highest BCUT2D eigenvalue weighted by molar-refractivity contribution is 5.79. The van der Waals surface area contributed by atoms with Crippen molar-refractivity contribution < 1.29 is 9.47 Å². The molecule has 0 aliphatic heterocycles. The Morgan fingerprint density at radius 2 is 2.00 bits per heavy atom. The fraction of sp³-hybridized carbons (Fsp3) is 0.588. The second-order valence-electron chi connectivity index (χ2n) is 5.19. The number of hydrogen-bond donors (Lipinski definition) is 2. The summed E-state index contributed by atoms with van der Waals surface area (Å²) < 4.78 is 10.7. The summed E-state index contributed by atoms with van der Waals surface area (Å²) in [5.74, 6) is 1.70. The molecule has 0 heterocycles. The van der Waals surface area contributed by atoms with E-state index < -0.39 is 0 Å². The summed E-state index contributed by atoms with van der Waals surface area (Å²) in [7, 11) is 5.57. The van der Waals surface area contributed by atoms with Crippen LogP contribution in [0.3, 0.4) is 0 Å². The molecule has 6 nitrogen and oxygen atoms in total. The molecule has 0 spiro atoms. The molecule has 6 heteroatoms. The predicted molar refractivity (Wildman–Crippen MR) is 95.2 cm³/mol. The summed E-state index contributed by atoms with van der Waals surface area (Å²) in [5, 5.41) is 6.63. The van der Waals surface area contributed by atoms with E-state index in [4.69, 9.17) is 9.47 Å². The first kappa shape index (κ1) is 19.3. The van der Waals surface area contributed by atoms with Gasteiger partial charge in [0.15, 0.2) is 5.96 Å². The lowest BCUT2D eigenvalue weighted by molar-refractivity contribution is 0.162. The highest BCUT2D eigenvalue weighted by Gasteiger charge is 2.04. The van der Waals surface area contributed by atoms with Crippen LogP contribution >= 0.6 is 0 Å². The lowest BCUT2D eigenvalue weighted by Crippen LogP contribution is -2.41. The van der Waals surface area contributed by atoms with Crippen molar-refractivity contribution in [2.75, 3.05) is 54.1 Å². The number of hydrogen-bond acceptors (Lipinski definition) is 4. The molecule has 23 heavy (non-hydrogen) atoms. The maximum atomic E-state index is 5.63. The van der Waals surface area contributed by atoms with Crippen LogP contribution < -0.4 is 15.4 Å². The van der Waals surface area contributed by atoms with Crippen molar-refractivity contribution in [1.29, 1.82) is 0 Å².